The predicted molar refractivity (Wildman–Crippen MR) is 104 cm³/mol. The number of carbonyl (C=O) groups excluding carboxylic acids is 1. The number of anilines is 1. The highest BCUT2D eigenvalue weighted by Gasteiger charge is 2.24. The third kappa shape index (κ3) is 4.05. The van der Waals surface area contributed by atoms with E-state index in [1.54, 1.807) is 18.2 Å². The third-order valence-corrected chi connectivity index (χ3v) is 6.03. The molecule has 1 N–H and O–H groups in total. The lowest BCUT2D eigenvalue weighted by Crippen LogP contribution is -2.23. The minimum atomic E-state index is -3.77. The molecule has 0 atom stereocenters. The molecular weight excluding hydrogens is 384 g/mol. The van der Waals surface area contributed by atoms with E-state index in [2.05, 4.69) is 5.32 Å². The van der Waals surface area contributed by atoms with Crippen LogP contribution in [0.2, 0.25) is 0 Å². The van der Waals surface area contributed by atoms with E-state index in [0.29, 0.717) is 30.4 Å². The van der Waals surface area contributed by atoms with Crippen LogP contribution < -0.4 is 19.5 Å². The molecule has 150 valence electrons. The normalized spacial score (nSPS) is 13.7. The summed E-state index contributed by atoms with van der Waals surface area (Å²) in [5.41, 5.74) is 0.704. The van der Waals surface area contributed by atoms with Crippen molar-refractivity contribution < 1.29 is 27.4 Å². The number of nitrogens with zero attached hydrogens (tertiary/aromatic N) is 1. The number of amides is 1. The fourth-order valence-electron chi connectivity index (χ4n) is 2.66. The molecule has 0 bridgehead atoms. The highest BCUT2D eigenvalue weighted by molar-refractivity contribution is 7.89. The van der Waals surface area contributed by atoms with Crippen molar-refractivity contribution in [2.45, 2.75) is 11.3 Å². The van der Waals surface area contributed by atoms with Crippen molar-refractivity contribution in [1.29, 1.82) is 0 Å². The second-order valence-electron chi connectivity index (χ2n) is 6.32. The van der Waals surface area contributed by atoms with Gasteiger partial charge in [-0.25, -0.2) is 12.7 Å². The van der Waals surface area contributed by atoms with Gasteiger partial charge in [-0.2, -0.15) is 0 Å². The monoisotopic (exact) mass is 406 g/mol. The Balaban J connectivity index is 1.88. The maximum atomic E-state index is 12.7. The van der Waals surface area contributed by atoms with Crippen LogP contribution in [0.4, 0.5) is 5.69 Å². The molecule has 8 nitrogen and oxygen atoms in total. The summed E-state index contributed by atoms with van der Waals surface area (Å²) in [6, 6.07) is 9.37. The summed E-state index contributed by atoms with van der Waals surface area (Å²) in [5, 5.41) is 2.75. The summed E-state index contributed by atoms with van der Waals surface area (Å²) in [5.74, 6) is 0.897. The summed E-state index contributed by atoms with van der Waals surface area (Å²) >= 11 is 0. The van der Waals surface area contributed by atoms with Gasteiger partial charge in [-0.3, -0.25) is 4.79 Å². The zero-order valence-electron chi connectivity index (χ0n) is 15.9. The van der Waals surface area contributed by atoms with Crippen LogP contribution in [0, 0.1) is 0 Å². The highest BCUT2D eigenvalue weighted by Crippen LogP contribution is 2.33. The van der Waals surface area contributed by atoms with E-state index in [1.165, 1.54) is 39.4 Å². The van der Waals surface area contributed by atoms with E-state index in [-0.39, 0.29) is 16.2 Å². The maximum absolute atomic E-state index is 12.7. The molecule has 1 aliphatic heterocycles. The zero-order valence-corrected chi connectivity index (χ0v) is 16.7. The number of nitrogens with one attached hydrogen (secondary N) is 1. The second-order valence-corrected chi connectivity index (χ2v) is 8.44. The molecule has 1 aliphatic rings. The fraction of sp³-hybridized carbons (Fsp3) is 0.316. The molecule has 0 aromatic heterocycles. The van der Waals surface area contributed by atoms with Gasteiger partial charge >= 0.3 is 0 Å². The maximum Gasteiger partial charge on any atom is 0.255 e. The molecule has 0 unspecified atom stereocenters. The Morgan fingerprint density at radius 2 is 1.79 bits per heavy atom. The van der Waals surface area contributed by atoms with Crippen LogP contribution in [-0.4, -0.2) is 53.0 Å². The smallest absolute Gasteiger partial charge is 0.255 e. The van der Waals surface area contributed by atoms with Gasteiger partial charge in [0.25, 0.3) is 5.91 Å². The first-order valence-electron chi connectivity index (χ1n) is 8.64. The molecule has 2 aromatic rings. The number of ether oxygens (including phenoxy) is 3. The lowest BCUT2D eigenvalue weighted by molar-refractivity contribution is 0.102. The molecule has 0 fully saturated rings. The molecule has 9 heteroatoms. The van der Waals surface area contributed by atoms with E-state index in [1.807, 2.05) is 0 Å². The zero-order chi connectivity index (χ0) is 20.3. The number of methoxy groups -OCH3 is 1. The summed E-state index contributed by atoms with van der Waals surface area (Å²) < 4.78 is 42.4. The van der Waals surface area contributed by atoms with Gasteiger partial charge in [0.15, 0.2) is 11.5 Å². The van der Waals surface area contributed by atoms with Gasteiger partial charge in [0.1, 0.15) is 10.6 Å². The van der Waals surface area contributed by atoms with Crippen molar-refractivity contribution >= 4 is 21.6 Å². The average molecular weight is 406 g/mol. The van der Waals surface area contributed by atoms with E-state index < -0.39 is 15.9 Å². The number of sulfonamides is 1. The largest absolute Gasteiger partial charge is 0.495 e. The first kappa shape index (κ1) is 20.0. The van der Waals surface area contributed by atoms with Gasteiger partial charge < -0.3 is 19.5 Å². The van der Waals surface area contributed by atoms with Gasteiger partial charge in [0.05, 0.1) is 20.3 Å². The van der Waals surface area contributed by atoms with Gasteiger partial charge in [0.2, 0.25) is 10.0 Å². The molecule has 0 aliphatic carbocycles. The topological polar surface area (TPSA) is 94.2 Å². The third-order valence-electron chi connectivity index (χ3n) is 4.19. The first-order valence-corrected chi connectivity index (χ1v) is 10.1. The van der Waals surface area contributed by atoms with Crippen LogP contribution in [-0.2, 0) is 10.0 Å². The van der Waals surface area contributed by atoms with Crippen LogP contribution in [0.25, 0.3) is 0 Å². The molecule has 1 amide bonds. The number of carbonyl (C=O) groups is 1. The fourth-order valence-corrected chi connectivity index (χ4v) is 3.74. The van der Waals surface area contributed by atoms with Crippen molar-refractivity contribution in [2.75, 3.05) is 39.7 Å². The van der Waals surface area contributed by atoms with Crippen LogP contribution in [0.15, 0.2) is 41.3 Å². The Labute approximate surface area is 164 Å². The molecule has 0 saturated carbocycles. The van der Waals surface area contributed by atoms with Crippen LogP contribution in [0.1, 0.15) is 16.8 Å². The van der Waals surface area contributed by atoms with Crippen molar-refractivity contribution in [2.24, 2.45) is 0 Å². The molecule has 28 heavy (non-hydrogen) atoms. The minimum Gasteiger partial charge on any atom is -0.495 e. The van der Waals surface area contributed by atoms with Crippen molar-refractivity contribution in [1.82, 2.24) is 4.31 Å². The van der Waals surface area contributed by atoms with Gasteiger partial charge in [-0.1, -0.05) is 0 Å². The average Bonchev–Trinajstić information content (AvgIpc) is 2.92. The quantitative estimate of drug-likeness (QED) is 0.819. The van der Waals surface area contributed by atoms with Crippen molar-refractivity contribution in [3.05, 3.63) is 42.0 Å². The number of hydrogen-bond donors (Lipinski definition) is 1. The Kier molecular flexibility index (Phi) is 5.76. The Morgan fingerprint density at radius 1 is 1.07 bits per heavy atom. The molecule has 0 spiro atoms. The lowest BCUT2D eigenvalue weighted by atomic mass is 10.2. The number of rotatable bonds is 5. The summed E-state index contributed by atoms with van der Waals surface area (Å²) in [6.07, 6.45) is 0.783. The SMILES string of the molecule is COc1ccc(C(=O)Nc2ccc3c(c2)OCCCO3)cc1S(=O)(=O)N(C)C. The van der Waals surface area contributed by atoms with Gasteiger partial charge in [0, 0.05) is 37.8 Å². The number of benzene rings is 2. The standard InChI is InChI=1S/C19H22N2O6S/c1-21(2)28(23,24)18-11-13(5-7-16(18)25-3)19(22)20-14-6-8-15-17(12-14)27-10-4-9-26-15/h5-8,11-12H,4,9-10H2,1-3H3,(H,20,22). The predicted octanol–water partition coefficient (Wildman–Crippen LogP) is 2.36. The Hall–Kier alpha value is -2.78. The van der Waals surface area contributed by atoms with Crippen LogP contribution in [0.5, 0.6) is 17.2 Å². The van der Waals surface area contributed by atoms with Crippen molar-refractivity contribution in [3.8, 4) is 17.2 Å². The lowest BCUT2D eigenvalue weighted by Gasteiger charge is -2.16. The highest BCUT2D eigenvalue weighted by atomic mass is 32.2. The van der Waals surface area contributed by atoms with E-state index in [0.717, 1.165) is 10.7 Å². The van der Waals surface area contributed by atoms with Crippen LogP contribution in [0.3, 0.4) is 0 Å². The minimum absolute atomic E-state index is 0.0775. The van der Waals surface area contributed by atoms with Crippen LogP contribution >= 0.6 is 0 Å². The van der Waals surface area contributed by atoms with E-state index >= 15 is 0 Å². The Bertz CT molecular complexity index is 988. The summed E-state index contributed by atoms with van der Waals surface area (Å²) in [4.78, 5) is 12.6. The number of fused-ring (bicyclic) bond motifs is 1. The first-order chi connectivity index (χ1) is 13.3. The molecule has 2 aromatic carbocycles. The van der Waals surface area contributed by atoms with Gasteiger partial charge in [-0.05, 0) is 30.3 Å². The van der Waals surface area contributed by atoms with E-state index in [9.17, 15) is 13.2 Å². The molecule has 0 radical (unpaired) electrons. The van der Waals surface area contributed by atoms with Crippen molar-refractivity contribution in [3.63, 3.8) is 0 Å². The molecule has 3 rings (SSSR count). The van der Waals surface area contributed by atoms with Gasteiger partial charge in [-0.15, -0.1) is 0 Å². The summed E-state index contributed by atoms with van der Waals surface area (Å²) in [7, 11) is 0.436. The summed E-state index contributed by atoms with van der Waals surface area (Å²) in [6.45, 7) is 1.11. The second kappa shape index (κ2) is 8.07. The molecule has 1 heterocycles. The van der Waals surface area contributed by atoms with E-state index in [4.69, 9.17) is 14.2 Å². The molecule has 0 saturated heterocycles. The number of hydrogen-bond acceptors (Lipinski definition) is 6. The Morgan fingerprint density at radius 3 is 2.46 bits per heavy atom. The molecular formula is C19H22N2O6S.